The van der Waals surface area contributed by atoms with Crippen molar-refractivity contribution in [2.24, 2.45) is 5.92 Å². The van der Waals surface area contributed by atoms with Gasteiger partial charge in [-0.3, -0.25) is 9.59 Å². The molecule has 1 fully saturated rings. The van der Waals surface area contributed by atoms with Crippen molar-refractivity contribution in [3.63, 3.8) is 0 Å². The van der Waals surface area contributed by atoms with Crippen LogP contribution >= 0.6 is 11.8 Å². The quantitative estimate of drug-likeness (QED) is 0.418. The maximum Gasteiger partial charge on any atom is 0.251 e. The van der Waals surface area contributed by atoms with Gasteiger partial charge in [-0.2, -0.15) is 0 Å². The number of carbonyl (C=O) groups is 2. The number of ether oxygens (including phenoxy) is 2. The van der Waals surface area contributed by atoms with Gasteiger partial charge in [0.2, 0.25) is 5.91 Å². The minimum Gasteiger partial charge on any atom is -0.497 e. The number of benzene rings is 1. The van der Waals surface area contributed by atoms with Crippen molar-refractivity contribution in [2.75, 3.05) is 39.2 Å². The van der Waals surface area contributed by atoms with Crippen LogP contribution in [0.3, 0.4) is 0 Å². The smallest absolute Gasteiger partial charge is 0.251 e. The molecule has 2 heterocycles. The molecule has 1 aliphatic rings. The Morgan fingerprint density at radius 3 is 2.55 bits per heavy atom. The lowest BCUT2D eigenvalue weighted by Gasteiger charge is -2.26. The van der Waals surface area contributed by atoms with Crippen LogP contribution in [0.1, 0.15) is 36.1 Å². The summed E-state index contributed by atoms with van der Waals surface area (Å²) in [5.41, 5.74) is 0.530. The first-order valence-electron chi connectivity index (χ1n) is 10.9. The fourth-order valence-electron chi connectivity index (χ4n) is 3.46. The van der Waals surface area contributed by atoms with Gasteiger partial charge < -0.3 is 24.3 Å². The first-order chi connectivity index (χ1) is 15.9. The van der Waals surface area contributed by atoms with Crippen molar-refractivity contribution >= 4 is 23.6 Å². The zero-order chi connectivity index (χ0) is 23.8. The second-order valence-electron chi connectivity index (χ2n) is 7.95. The van der Waals surface area contributed by atoms with E-state index < -0.39 is 0 Å². The number of methoxy groups -OCH3 is 1. The normalized spacial score (nSPS) is 14.7. The summed E-state index contributed by atoms with van der Waals surface area (Å²) in [6, 6.07) is 6.58. The van der Waals surface area contributed by atoms with Gasteiger partial charge in [0.1, 0.15) is 5.75 Å². The number of nitrogens with zero attached hydrogens (tertiary/aromatic N) is 4. The van der Waals surface area contributed by atoms with Gasteiger partial charge in [0.15, 0.2) is 11.0 Å². The second kappa shape index (κ2) is 11.9. The molecular weight excluding hydrogens is 442 g/mol. The molecule has 0 spiro atoms. The lowest BCUT2D eigenvalue weighted by molar-refractivity contribution is -0.132. The molecule has 1 N–H and O–H groups in total. The highest BCUT2D eigenvalue weighted by Crippen LogP contribution is 2.26. The average Bonchev–Trinajstić information content (AvgIpc) is 3.23. The first-order valence-corrected chi connectivity index (χ1v) is 11.9. The summed E-state index contributed by atoms with van der Waals surface area (Å²) in [6.07, 6.45) is 1.75. The molecule has 1 atom stereocenters. The van der Waals surface area contributed by atoms with Gasteiger partial charge >= 0.3 is 0 Å². The van der Waals surface area contributed by atoms with Gasteiger partial charge in [-0.05, 0) is 30.2 Å². The first kappa shape index (κ1) is 24.8. The Morgan fingerprint density at radius 1 is 1.24 bits per heavy atom. The van der Waals surface area contributed by atoms with Gasteiger partial charge in [0.25, 0.3) is 5.91 Å². The van der Waals surface area contributed by atoms with Crippen LogP contribution in [0.25, 0.3) is 0 Å². The van der Waals surface area contributed by atoms with E-state index in [1.54, 1.807) is 42.4 Å². The molecule has 0 saturated carbocycles. The zero-order valence-electron chi connectivity index (χ0n) is 19.3. The maximum atomic E-state index is 12.9. The van der Waals surface area contributed by atoms with E-state index in [9.17, 15) is 9.59 Å². The molecule has 2 amide bonds. The van der Waals surface area contributed by atoms with E-state index in [0.29, 0.717) is 55.1 Å². The predicted octanol–water partition coefficient (Wildman–Crippen LogP) is 2.55. The van der Waals surface area contributed by atoms with Crippen molar-refractivity contribution < 1.29 is 19.1 Å². The van der Waals surface area contributed by atoms with Crippen LogP contribution in [0.5, 0.6) is 5.75 Å². The highest BCUT2D eigenvalue weighted by atomic mass is 32.2. The average molecular weight is 474 g/mol. The number of rotatable bonds is 10. The highest BCUT2D eigenvalue weighted by molar-refractivity contribution is 7.99. The lowest BCUT2D eigenvalue weighted by atomic mass is 10.0. The fraction of sp³-hybridized carbons (Fsp3) is 0.478. The Hall–Kier alpha value is -2.85. The molecule has 1 aromatic heterocycles. The summed E-state index contributed by atoms with van der Waals surface area (Å²) in [7, 11) is 1.58. The van der Waals surface area contributed by atoms with Crippen LogP contribution in [0.2, 0.25) is 0 Å². The minimum atomic E-state index is -0.364. The van der Waals surface area contributed by atoms with Crippen molar-refractivity contribution in [3.05, 3.63) is 48.3 Å². The zero-order valence-corrected chi connectivity index (χ0v) is 20.1. The van der Waals surface area contributed by atoms with E-state index in [4.69, 9.17) is 9.47 Å². The van der Waals surface area contributed by atoms with Crippen LogP contribution in [0.15, 0.2) is 42.1 Å². The Morgan fingerprint density at radius 2 is 1.94 bits per heavy atom. The van der Waals surface area contributed by atoms with Crippen LogP contribution in [-0.4, -0.2) is 70.6 Å². The van der Waals surface area contributed by atoms with Gasteiger partial charge in [-0.15, -0.1) is 16.8 Å². The van der Waals surface area contributed by atoms with Crippen LogP contribution in [0, 0.1) is 5.92 Å². The summed E-state index contributed by atoms with van der Waals surface area (Å²) < 4.78 is 12.4. The van der Waals surface area contributed by atoms with Crippen molar-refractivity contribution in [1.82, 2.24) is 25.0 Å². The standard InChI is InChI=1S/C23H31N5O4S/c1-5-10-28-21(25-26-23(28)33-15-19(29)27-11-13-32-14-12-27)20(16(2)3)24-22(30)17-6-8-18(31-4)9-7-17/h5-9,16,20H,1,10-15H2,2-4H3,(H,24,30)/t20-/m1/s1. The minimum absolute atomic E-state index is 0.0474. The second-order valence-corrected chi connectivity index (χ2v) is 8.89. The number of morpholine rings is 1. The fourth-order valence-corrected chi connectivity index (χ4v) is 4.32. The molecule has 33 heavy (non-hydrogen) atoms. The van der Waals surface area contributed by atoms with E-state index in [0.717, 1.165) is 0 Å². The summed E-state index contributed by atoms with van der Waals surface area (Å²) in [5, 5.41) is 12.4. The van der Waals surface area contributed by atoms with Gasteiger partial charge in [-0.1, -0.05) is 31.7 Å². The van der Waals surface area contributed by atoms with Crippen molar-refractivity contribution in [3.8, 4) is 5.75 Å². The van der Waals surface area contributed by atoms with Crippen LogP contribution in [-0.2, 0) is 16.1 Å². The predicted molar refractivity (Wildman–Crippen MR) is 126 cm³/mol. The topological polar surface area (TPSA) is 98.6 Å². The number of carbonyl (C=O) groups excluding carboxylic acids is 2. The Kier molecular flexibility index (Phi) is 8.90. The van der Waals surface area contributed by atoms with Crippen molar-refractivity contribution in [1.29, 1.82) is 0 Å². The third-order valence-corrected chi connectivity index (χ3v) is 6.28. The van der Waals surface area contributed by atoms with E-state index in [1.165, 1.54) is 11.8 Å². The van der Waals surface area contributed by atoms with E-state index in [2.05, 4.69) is 22.1 Å². The molecule has 0 unspecified atom stereocenters. The van der Waals surface area contributed by atoms with Gasteiger partial charge in [-0.25, -0.2) is 0 Å². The molecule has 3 rings (SSSR count). The third kappa shape index (κ3) is 6.35. The summed E-state index contributed by atoms with van der Waals surface area (Å²) in [5.74, 6) is 1.49. The molecule has 1 aliphatic heterocycles. The van der Waals surface area contributed by atoms with Gasteiger partial charge in [0, 0.05) is 25.2 Å². The van der Waals surface area contributed by atoms with Crippen LogP contribution in [0.4, 0.5) is 0 Å². The maximum absolute atomic E-state index is 12.9. The highest BCUT2D eigenvalue weighted by Gasteiger charge is 2.27. The number of amides is 2. The summed E-state index contributed by atoms with van der Waals surface area (Å²) >= 11 is 1.34. The van der Waals surface area contributed by atoms with Gasteiger partial charge in [0.05, 0.1) is 32.1 Å². The number of thioether (sulfide) groups is 1. The lowest BCUT2D eigenvalue weighted by Crippen LogP contribution is -2.41. The molecule has 0 radical (unpaired) electrons. The number of aromatic nitrogens is 3. The number of hydrogen-bond donors (Lipinski definition) is 1. The molecule has 178 valence electrons. The van der Waals surface area contributed by atoms with Crippen molar-refractivity contribution in [2.45, 2.75) is 31.6 Å². The van der Waals surface area contributed by atoms with E-state index in [-0.39, 0.29) is 29.5 Å². The Balaban J connectivity index is 1.75. The number of hydrogen-bond acceptors (Lipinski definition) is 7. The molecule has 2 aromatic rings. The monoisotopic (exact) mass is 473 g/mol. The molecule has 1 aromatic carbocycles. The Labute approximate surface area is 198 Å². The molecule has 0 aliphatic carbocycles. The molecule has 10 heteroatoms. The molecule has 9 nitrogen and oxygen atoms in total. The molecule has 1 saturated heterocycles. The molecular formula is C23H31N5O4S. The third-order valence-electron chi connectivity index (χ3n) is 5.33. The van der Waals surface area contributed by atoms with E-state index in [1.807, 2.05) is 18.4 Å². The SMILES string of the molecule is C=CCn1c(SCC(=O)N2CCOCC2)nnc1[C@H](NC(=O)c1ccc(OC)cc1)C(C)C. The summed E-state index contributed by atoms with van der Waals surface area (Å²) in [6.45, 7) is 10.7. The van der Waals surface area contributed by atoms with E-state index >= 15 is 0 Å². The van der Waals surface area contributed by atoms with Crippen LogP contribution < -0.4 is 10.1 Å². The number of nitrogens with one attached hydrogen (secondary N) is 1. The molecule has 0 bridgehead atoms. The largest absolute Gasteiger partial charge is 0.497 e. The Bertz CT molecular complexity index is 954. The summed E-state index contributed by atoms with van der Waals surface area (Å²) in [4.78, 5) is 27.3. The number of allylic oxidation sites excluding steroid dienone is 1.